The fourth-order valence-corrected chi connectivity index (χ4v) is 2.77. The van der Waals surface area contributed by atoms with Gasteiger partial charge in [0.15, 0.2) is 5.78 Å². The van der Waals surface area contributed by atoms with E-state index in [9.17, 15) is 9.59 Å². The number of hydrogen-bond acceptors (Lipinski definition) is 4. The third-order valence-electron chi connectivity index (χ3n) is 2.94. The summed E-state index contributed by atoms with van der Waals surface area (Å²) in [5, 5.41) is 1.90. The summed E-state index contributed by atoms with van der Waals surface area (Å²) in [5.74, 6) is -0.890. The second kappa shape index (κ2) is 7.01. The van der Waals surface area contributed by atoms with Crippen LogP contribution in [-0.4, -0.2) is 18.4 Å². The molecule has 2 rings (SSSR count). The molecule has 1 atom stereocenters. The van der Waals surface area contributed by atoms with E-state index in [0.717, 1.165) is 4.88 Å². The van der Waals surface area contributed by atoms with E-state index in [4.69, 9.17) is 4.74 Å². The SMILES string of the molecule is CCOC(=O)C(CC(=O)c1ccccc1)c1cccs1. The molecular weight excluding hydrogens is 272 g/mol. The predicted molar refractivity (Wildman–Crippen MR) is 79.1 cm³/mol. The van der Waals surface area contributed by atoms with Crippen molar-refractivity contribution < 1.29 is 14.3 Å². The van der Waals surface area contributed by atoms with Crippen molar-refractivity contribution in [3.05, 3.63) is 58.3 Å². The van der Waals surface area contributed by atoms with Gasteiger partial charge in [0.05, 0.1) is 12.5 Å². The molecule has 20 heavy (non-hydrogen) atoms. The summed E-state index contributed by atoms with van der Waals surface area (Å²) in [5.41, 5.74) is 0.623. The first-order valence-electron chi connectivity index (χ1n) is 6.50. The minimum atomic E-state index is -0.511. The quantitative estimate of drug-likeness (QED) is 0.601. The number of thiophene rings is 1. The zero-order valence-electron chi connectivity index (χ0n) is 11.2. The van der Waals surface area contributed by atoms with Crippen LogP contribution in [0.15, 0.2) is 47.8 Å². The standard InChI is InChI=1S/C16H16O3S/c1-2-19-16(18)13(15-9-6-10-20-15)11-14(17)12-7-4-3-5-8-12/h3-10,13H,2,11H2,1H3. The van der Waals surface area contributed by atoms with Gasteiger partial charge in [-0.2, -0.15) is 0 Å². The highest BCUT2D eigenvalue weighted by Crippen LogP contribution is 2.27. The number of rotatable bonds is 6. The normalized spacial score (nSPS) is 11.8. The second-order valence-electron chi connectivity index (χ2n) is 4.31. The summed E-state index contributed by atoms with van der Waals surface area (Å²) < 4.78 is 5.08. The number of ketones is 1. The molecule has 2 aromatic rings. The van der Waals surface area contributed by atoms with E-state index in [1.165, 1.54) is 11.3 Å². The minimum absolute atomic E-state index is 0.0444. The van der Waals surface area contributed by atoms with E-state index < -0.39 is 5.92 Å². The predicted octanol–water partition coefficient (Wildman–Crippen LogP) is 3.67. The zero-order valence-corrected chi connectivity index (χ0v) is 12.1. The Morgan fingerprint density at radius 3 is 2.50 bits per heavy atom. The number of carbonyl (C=O) groups is 2. The topological polar surface area (TPSA) is 43.4 Å². The first-order valence-corrected chi connectivity index (χ1v) is 7.38. The maximum Gasteiger partial charge on any atom is 0.314 e. The van der Waals surface area contributed by atoms with Crippen molar-refractivity contribution in [1.82, 2.24) is 0 Å². The molecule has 0 N–H and O–H groups in total. The van der Waals surface area contributed by atoms with Crippen molar-refractivity contribution in [3.63, 3.8) is 0 Å². The Balaban J connectivity index is 2.16. The molecule has 1 aromatic carbocycles. The number of Topliss-reactive ketones (excluding diaryl/α,β-unsaturated/α-hetero) is 1. The van der Waals surface area contributed by atoms with Gasteiger partial charge in [-0.15, -0.1) is 11.3 Å². The summed E-state index contributed by atoms with van der Waals surface area (Å²) in [6.45, 7) is 2.09. The first kappa shape index (κ1) is 14.5. The first-order chi connectivity index (χ1) is 9.72. The van der Waals surface area contributed by atoms with Crippen LogP contribution >= 0.6 is 11.3 Å². The molecule has 0 bridgehead atoms. The molecule has 1 heterocycles. The highest BCUT2D eigenvalue weighted by molar-refractivity contribution is 7.10. The van der Waals surface area contributed by atoms with Gasteiger partial charge < -0.3 is 4.74 Å². The van der Waals surface area contributed by atoms with Crippen molar-refractivity contribution in [2.45, 2.75) is 19.3 Å². The minimum Gasteiger partial charge on any atom is -0.465 e. The second-order valence-corrected chi connectivity index (χ2v) is 5.29. The summed E-state index contributed by atoms with van der Waals surface area (Å²) in [6, 6.07) is 12.8. The van der Waals surface area contributed by atoms with Crippen LogP contribution in [0.1, 0.15) is 34.5 Å². The van der Waals surface area contributed by atoms with Crippen LogP contribution in [-0.2, 0) is 9.53 Å². The van der Waals surface area contributed by atoms with Gasteiger partial charge >= 0.3 is 5.97 Å². The lowest BCUT2D eigenvalue weighted by Crippen LogP contribution is -2.18. The maximum absolute atomic E-state index is 12.3. The number of esters is 1. The highest BCUT2D eigenvalue weighted by Gasteiger charge is 2.26. The maximum atomic E-state index is 12.3. The molecular formula is C16H16O3S. The van der Waals surface area contributed by atoms with Gasteiger partial charge in [-0.25, -0.2) is 0 Å². The third kappa shape index (κ3) is 3.54. The van der Waals surface area contributed by atoms with Crippen LogP contribution in [0.5, 0.6) is 0 Å². The average molecular weight is 288 g/mol. The third-order valence-corrected chi connectivity index (χ3v) is 3.93. The summed E-state index contributed by atoms with van der Waals surface area (Å²) >= 11 is 1.47. The molecule has 0 aliphatic heterocycles. The average Bonchev–Trinajstić information content (AvgIpc) is 2.99. The smallest absolute Gasteiger partial charge is 0.314 e. The van der Waals surface area contributed by atoms with Crippen molar-refractivity contribution in [2.75, 3.05) is 6.61 Å². The van der Waals surface area contributed by atoms with E-state index in [2.05, 4.69) is 0 Å². The van der Waals surface area contributed by atoms with Gasteiger partial charge in [0, 0.05) is 16.9 Å². The van der Waals surface area contributed by atoms with Crippen molar-refractivity contribution in [3.8, 4) is 0 Å². The number of ether oxygens (including phenoxy) is 1. The summed E-state index contributed by atoms with van der Waals surface area (Å²) in [4.78, 5) is 25.2. The van der Waals surface area contributed by atoms with Crippen molar-refractivity contribution >= 4 is 23.1 Å². The van der Waals surface area contributed by atoms with E-state index >= 15 is 0 Å². The number of hydrogen-bond donors (Lipinski definition) is 0. The Morgan fingerprint density at radius 2 is 1.90 bits per heavy atom. The fourth-order valence-electron chi connectivity index (χ4n) is 1.96. The van der Waals surface area contributed by atoms with Crippen molar-refractivity contribution in [1.29, 1.82) is 0 Å². The lowest BCUT2D eigenvalue weighted by atomic mass is 9.97. The lowest BCUT2D eigenvalue weighted by Gasteiger charge is -2.13. The number of carbonyl (C=O) groups excluding carboxylic acids is 2. The molecule has 0 radical (unpaired) electrons. The van der Waals surface area contributed by atoms with E-state index in [1.807, 2.05) is 35.7 Å². The Hall–Kier alpha value is -1.94. The molecule has 1 unspecified atom stereocenters. The Kier molecular flexibility index (Phi) is 5.07. The molecule has 0 aliphatic carbocycles. The fraction of sp³-hybridized carbons (Fsp3) is 0.250. The van der Waals surface area contributed by atoms with E-state index in [-0.39, 0.29) is 18.2 Å². The Labute approximate surface area is 122 Å². The summed E-state index contributed by atoms with van der Waals surface area (Å²) in [6.07, 6.45) is 0.142. The molecule has 0 saturated carbocycles. The van der Waals surface area contributed by atoms with Gasteiger partial charge in [-0.05, 0) is 18.4 Å². The van der Waals surface area contributed by atoms with Gasteiger partial charge in [0.2, 0.25) is 0 Å². The molecule has 0 saturated heterocycles. The largest absolute Gasteiger partial charge is 0.465 e. The number of benzene rings is 1. The molecule has 0 spiro atoms. The van der Waals surface area contributed by atoms with Gasteiger partial charge in [-0.3, -0.25) is 9.59 Å². The highest BCUT2D eigenvalue weighted by atomic mass is 32.1. The Morgan fingerprint density at radius 1 is 1.15 bits per heavy atom. The monoisotopic (exact) mass is 288 g/mol. The summed E-state index contributed by atoms with van der Waals surface area (Å²) in [7, 11) is 0. The molecule has 104 valence electrons. The van der Waals surface area contributed by atoms with Crippen molar-refractivity contribution in [2.24, 2.45) is 0 Å². The molecule has 1 aromatic heterocycles. The zero-order chi connectivity index (χ0) is 14.4. The van der Waals surface area contributed by atoms with Gasteiger partial charge in [0.25, 0.3) is 0 Å². The molecule has 0 fully saturated rings. The molecule has 3 nitrogen and oxygen atoms in total. The van der Waals surface area contributed by atoms with Gasteiger partial charge in [0.1, 0.15) is 0 Å². The van der Waals surface area contributed by atoms with E-state index in [0.29, 0.717) is 12.2 Å². The van der Waals surface area contributed by atoms with Crippen LogP contribution in [0.2, 0.25) is 0 Å². The van der Waals surface area contributed by atoms with Crippen LogP contribution < -0.4 is 0 Å². The molecule has 0 aliphatic rings. The molecule has 4 heteroatoms. The van der Waals surface area contributed by atoms with Crippen LogP contribution in [0, 0.1) is 0 Å². The van der Waals surface area contributed by atoms with Crippen LogP contribution in [0.3, 0.4) is 0 Å². The molecule has 0 amide bonds. The Bertz CT molecular complexity index is 561. The van der Waals surface area contributed by atoms with Crippen LogP contribution in [0.4, 0.5) is 0 Å². The van der Waals surface area contributed by atoms with Gasteiger partial charge in [-0.1, -0.05) is 36.4 Å². The van der Waals surface area contributed by atoms with E-state index in [1.54, 1.807) is 19.1 Å². The lowest BCUT2D eigenvalue weighted by molar-refractivity contribution is -0.144. The van der Waals surface area contributed by atoms with Crippen LogP contribution in [0.25, 0.3) is 0 Å².